The molecule has 3 heterocycles. The molecule has 5 rings (SSSR count). The molecule has 2 aromatic heterocycles. The van der Waals surface area contributed by atoms with E-state index in [1.807, 2.05) is 22.9 Å². The lowest BCUT2D eigenvalue weighted by molar-refractivity contribution is -0.146. The third-order valence-corrected chi connectivity index (χ3v) is 7.53. The van der Waals surface area contributed by atoms with Crippen molar-refractivity contribution >= 4 is 17.4 Å². The molecule has 10 heteroatoms. The van der Waals surface area contributed by atoms with Crippen molar-refractivity contribution in [2.45, 2.75) is 56.7 Å². The lowest BCUT2D eigenvalue weighted by atomic mass is 9.81. The van der Waals surface area contributed by atoms with E-state index in [1.54, 1.807) is 6.07 Å². The number of piperidine rings is 1. The number of aromatic nitrogens is 4. The first-order chi connectivity index (χ1) is 16.8. The van der Waals surface area contributed by atoms with Crippen LogP contribution in [0.15, 0.2) is 42.5 Å². The average Bonchev–Trinajstić information content (AvgIpc) is 3.33. The Kier molecular flexibility index (Phi) is 6.37. The molecule has 1 saturated carbocycles. The summed E-state index contributed by atoms with van der Waals surface area (Å²) in [6, 6.07) is 14.0. The van der Waals surface area contributed by atoms with E-state index in [9.17, 15) is 18.0 Å². The molecule has 1 aliphatic carbocycles. The number of benzene rings is 1. The number of hydrogen-bond acceptors (Lipinski definition) is 5. The predicted molar refractivity (Wildman–Crippen MR) is 125 cm³/mol. The second kappa shape index (κ2) is 9.47. The highest BCUT2D eigenvalue weighted by molar-refractivity contribution is 5.79. The topological polar surface area (TPSA) is 66.6 Å². The minimum absolute atomic E-state index is 0.0507. The largest absolute Gasteiger partial charge is 0.453 e. The fourth-order valence-corrected chi connectivity index (χ4v) is 5.47. The van der Waals surface area contributed by atoms with Crippen LogP contribution in [0.4, 0.5) is 19.0 Å². The standard InChI is InChI=1S/C25H29F3N6O/c1-32(20-9-7-18(8-10-20)17-5-3-2-4-6-17)23(35)19-13-15-33(16-14-19)22-12-11-21-29-30-24(25(26,27)28)34(21)31-22/h2-6,11-12,18-20H,7-10,13-16H2,1H3. The number of amides is 1. The summed E-state index contributed by atoms with van der Waals surface area (Å²) < 4.78 is 40.3. The van der Waals surface area contributed by atoms with Gasteiger partial charge in [-0.25, -0.2) is 0 Å². The highest BCUT2D eigenvalue weighted by atomic mass is 19.4. The number of anilines is 1. The molecule has 0 atom stereocenters. The number of alkyl halides is 3. The maximum Gasteiger partial charge on any atom is 0.453 e. The number of nitrogens with zero attached hydrogens (tertiary/aromatic N) is 6. The van der Waals surface area contributed by atoms with E-state index < -0.39 is 12.0 Å². The number of fused-ring (bicyclic) bond motifs is 1. The number of rotatable bonds is 4. The zero-order chi connectivity index (χ0) is 24.6. The van der Waals surface area contributed by atoms with Gasteiger partial charge in [0.05, 0.1) is 0 Å². The Balaban J connectivity index is 1.17. The normalized spacial score (nSPS) is 21.9. The maximum absolute atomic E-state index is 13.2. The van der Waals surface area contributed by atoms with Crippen LogP contribution in [0.25, 0.3) is 5.65 Å². The van der Waals surface area contributed by atoms with Crippen LogP contribution in [0.1, 0.15) is 55.8 Å². The fourth-order valence-electron chi connectivity index (χ4n) is 5.47. The summed E-state index contributed by atoms with van der Waals surface area (Å²) in [7, 11) is 1.92. The molecular formula is C25H29F3N6O. The molecular weight excluding hydrogens is 457 g/mol. The van der Waals surface area contributed by atoms with Crippen LogP contribution in [-0.2, 0) is 11.0 Å². The molecule has 7 nitrogen and oxygen atoms in total. The Labute approximate surface area is 201 Å². The van der Waals surface area contributed by atoms with Crippen LogP contribution in [0, 0.1) is 5.92 Å². The molecule has 0 bridgehead atoms. The third-order valence-electron chi connectivity index (χ3n) is 7.53. The van der Waals surface area contributed by atoms with Crippen LogP contribution >= 0.6 is 0 Å². The van der Waals surface area contributed by atoms with Crippen molar-refractivity contribution in [2.24, 2.45) is 5.92 Å². The second-order valence-corrected chi connectivity index (χ2v) is 9.61. The summed E-state index contributed by atoms with van der Waals surface area (Å²) in [6.45, 7) is 1.12. The molecule has 0 unspecified atom stereocenters. The minimum Gasteiger partial charge on any atom is -0.355 e. The monoisotopic (exact) mass is 486 g/mol. The fraction of sp³-hybridized carbons (Fsp3) is 0.520. The number of halogens is 3. The molecule has 1 amide bonds. The SMILES string of the molecule is CN(C(=O)C1CCN(c2ccc3nnc(C(F)(F)F)n3n2)CC1)C1CCC(c2ccccc2)CC1. The predicted octanol–water partition coefficient (Wildman–Crippen LogP) is 4.54. The summed E-state index contributed by atoms with van der Waals surface area (Å²) in [5.41, 5.74) is 1.43. The molecule has 186 valence electrons. The van der Waals surface area contributed by atoms with Crippen molar-refractivity contribution in [1.82, 2.24) is 24.7 Å². The van der Waals surface area contributed by atoms with E-state index in [2.05, 4.69) is 39.6 Å². The molecule has 2 aliphatic rings. The first-order valence-corrected chi connectivity index (χ1v) is 12.2. The van der Waals surface area contributed by atoms with Crippen molar-refractivity contribution in [3.8, 4) is 0 Å². The van der Waals surface area contributed by atoms with Crippen LogP contribution < -0.4 is 4.90 Å². The van der Waals surface area contributed by atoms with Gasteiger partial charge < -0.3 is 9.80 Å². The van der Waals surface area contributed by atoms with Crippen LogP contribution in [0.3, 0.4) is 0 Å². The number of carbonyl (C=O) groups excluding carboxylic acids is 1. The van der Waals surface area contributed by atoms with E-state index in [4.69, 9.17) is 0 Å². The second-order valence-electron chi connectivity index (χ2n) is 9.61. The van der Waals surface area contributed by atoms with Crippen LogP contribution in [0.5, 0.6) is 0 Å². The maximum atomic E-state index is 13.2. The highest BCUT2D eigenvalue weighted by Crippen LogP contribution is 2.35. The lowest BCUT2D eigenvalue weighted by Gasteiger charge is -2.38. The van der Waals surface area contributed by atoms with Crippen molar-refractivity contribution in [1.29, 1.82) is 0 Å². The Bertz CT molecular complexity index is 1160. The van der Waals surface area contributed by atoms with Gasteiger partial charge in [-0.05, 0) is 62.1 Å². The van der Waals surface area contributed by atoms with Gasteiger partial charge >= 0.3 is 6.18 Å². The highest BCUT2D eigenvalue weighted by Gasteiger charge is 2.38. The van der Waals surface area contributed by atoms with Gasteiger partial charge in [0.15, 0.2) is 5.65 Å². The molecule has 1 aromatic carbocycles. The van der Waals surface area contributed by atoms with Gasteiger partial charge in [-0.15, -0.1) is 15.3 Å². The van der Waals surface area contributed by atoms with Crippen molar-refractivity contribution in [3.63, 3.8) is 0 Å². The smallest absolute Gasteiger partial charge is 0.355 e. The van der Waals surface area contributed by atoms with Crippen LogP contribution in [-0.4, -0.2) is 56.8 Å². The first kappa shape index (κ1) is 23.6. The van der Waals surface area contributed by atoms with E-state index in [1.165, 1.54) is 11.6 Å². The van der Waals surface area contributed by atoms with Crippen LogP contribution in [0.2, 0.25) is 0 Å². The zero-order valence-electron chi connectivity index (χ0n) is 19.7. The van der Waals surface area contributed by atoms with Gasteiger partial charge in [-0.1, -0.05) is 30.3 Å². The van der Waals surface area contributed by atoms with Gasteiger partial charge in [0.2, 0.25) is 5.91 Å². The Hall–Kier alpha value is -3.17. The van der Waals surface area contributed by atoms with Gasteiger partial charge in [0.25, 0.3) is 5.82 Å². The van der Waals surface area contributed by atoms with E-state index in [-0.39, 0.29) is 23.5 Å². The minimum atomic E-state index is -4.63. The molecule has 1 aliphatic heterocycles. The summed E-state index contributed by atoms with van der Waals surface area (Å²) in [5.74, 6) is -0.0428. The summed E-state index contributed by atoms with van der Waals surface area (Å²) in [6.07, 6.45) is 0.850. The quantitative estimate of drug-likeness (QED) is 0.542. The molecule has 0 radical (unpaired) electrons. The van der Waals surface area contributed by atoms with Crippen molar-refractivity contribution < 1.29 is 18.0 Å². The van der Waals surface area contributed by atoms with E-state index in [0.29, 0.717) is 37.7 Å². The van der Waals surface area contributed by atoms with Crippen molar-refractivity contribution in [3.05, 3.63) is 53.9 Å². The molecule has 1 saturated heterocycles. The summed E-state index contributed by atoms with van der Waals surface area (Å²) in [4.78, 5) is 17.1. The third kappa shape index (κ3) is 4.83. The van der Waals surface area contributed by atoms with Gasteiger partial charge in [0, 0.05) is 32.1 Å². The summed E-state index contributed by atoms with van der Waals surface area (Å²) in [5, 5.41) is 10.9. The Morgan fingerprint density at radius 3 is 2.29 bits per heavy atom. The molecule has 0 spiro atoms. The lowest BCUT2D eigenvalue weighted by Crippen LogP contribution is -2.46. The van der Waals surface area contributed by atoms with Crippen molar-refractivity contribution in [2.75, 3.05) is 25.0 Å². The van der Waals surface area contributed by atoms with Gasteiger partial charge in [-0.2, -0.15) is 17.7 Å². The molecule has 35 heavy (non-hydrogen) atoms. The first-order valence-electron chi connectivity index (χ1n) is 12.2. The Morgan fingerprint density at radius 1 is 0.943 bits per heavy atom. The molecule has 0 N–H and O–H groups in total. The average molecular weight is 487 g/mol. The van der Waals surface area contributed by atoms with E-state index >= 15 is 0 Å². The zero-order valence-corrected chi connectivity index (χ0v) is 19.7. The number of carbonyl (C=O) groups is 1. The van der Waals surface area contributed by atoms with Gasteiger partial charge in [-0.3, -0.25) is 4.79 Å². The van der Waals surface area contributed by atoms with Gasteiger partial charge in [0.1, 0.15) is 5.82 Å². The number of hydrogen-bond donors (Lipinski definition) is 0. The van der Waals surface area contributed by atoms with E-state index in [0.717, 1.165) is 30.2 Å². The molecule has 2 fully saturated rings. The summed E-state index contributed by atoms with van der Waals surface area (Å²) >= 11 is 0. The Morgan fingerprint density at radius 2 is 1.63 bits per heavy atom. The molecule has 3 aromatic rings.